The lowest BCUT2D eigenvalue weighted by Crippen LogP contribution is -2.40. The van der Waals surface area contributed by atoms with E-state index < -0.39 is 10.8 Å². The van der Waals surface area contributed by atoms with Gasteiger partial charge >= 0.3 is 0 Å². The van der Waals surface area contributed by atoms with Crippen LogP contribution in [0.4, 0.5) is 0 Å². The monoisotopic (exact) mass is 315 g/mol. The minimum Gasteiger partial charge on any atom is -0.294 e. The summed E-state index contributed by atoms with van der Waals surface area (Å²) in [6.07, 6.45) is 7.66. The molecule has 0 aliphatic carbocycles. The molecule has 1 aliphatic rings. The van der Waals surface area contributed by atoms with Gasteiger partial charge in [0.15, 0.2) is 0 Å². The first-order valence-corrected chi connectivity index (χ1v) is 7.97. The minimum atomic E-state index is -1.03. The lowest BCUT2D eigenvalue weighted by Gasteiger charge is -2.35. The lowest BCUT2D eigenvalue weighted by atomic mass is 9.62. The van der Waals surface area contributed by atoms with E-state index in [-0.39, 0.29) is 11.8 Å². The molecule has 1 fully saturated rings. The molecule has 1 aliphatic heterocycles. The molecule has 0 aromatic rings. The number of nitrogens with one attached hydrogen (secondary N) is 1. The molecule has 0 radical (unpaired) electrons. The molecule has 0 aromatic carbocycles. The Kier molecular flexibility index (Phi) is 5.57. The quantitative estimate of drug-likeness (QED) is 0.614. The fourth-order valence-corrected chi connectivity index (χ4v) is 3.33. The van der Waals surface area contributed by atoms with Crippen LogP contribution in [-0.2, 0) is 9.59 Å². The van der Waals surface area contributed by atoms with Crippen molar-refractivity contribution in [2.75, 3.05) is 0 Å². The van der Waals surface area contributed by atoms with Crippen LogP contribution in [0.5, 0.6) is 0 Å². The fourth-order valence-electron chi connectivity index (χ4n) is 3.33. The second-order valence-corrected chi connectivity index (χ2v) is 7.41. The van der Waals surface area contributed by atoms with Crippen LogP contribution in [0.2, 0.25) is 0 Å². The van der Waals surface area contributed by atoms with Gasteiger partial charge in [0.25, 0.3) is 0 Å². The molecule has 1 saturated heterocycles. The predicted octanol–water partition coefficient (Wildman–Crippen LogP) is 4.48. The Morgan fingerprint density at radius 2 is 0.826 bits per heavy atom. The molecule has 0 spiro atoms. The van der Waals surface area contributed by atoms with Gasteiger partial charge in [0, 0.05) is 0 Å². The van der Waals surface area contributed by atoms with Gasteiger partial charge in [-0.05, 0) is 55.4 Å². The van der Waals surface area contributed by atoms with Crippen molar-refractivity contribution >= 4 is 11.8 Å². The van der Waals surface area contributed by atoms with E-state index in [1.165, 1.54) is 0 Å². The van der Waals surface area contributed by atoms with Crippen LogP contribution in [0.1, 0.15) is 55.4 Å². The Morgan fingerprint density at radius 3 is 1.00 bits per heavy atom. The highest BCUT2D eigenvalue weighted by molar-refractivity contribution is 6.14. The van der Waals surface area contributed by atoms with Crippen molar-refractivity contribution in [2.45, 2.75) is 55.4 Å². The molecule has 2 amide bonds. The van der Waals surface area contributed by atoms with E-state index in [0.717, 1.165) is 22.3 Å². The fraction of sp³-hybridized carbons (Fsp3) is 0.500. The van der Waals surface area contributed by atoms with E-state index in [1.807, 2.05) is 79.7 Å². The van der Waals surface area contributed by atoms with E-state index >= 15 is 0 Å². The summed E-state index contributed by atoms with van der Waals surface area (Å²) in [6, 6.07) is 0. The van der Waals surface area contributed by atoms with Crippen molar-refractivity contribution in [1.29, 1.82) is 0 Å². The maximum absolute atomic E-state index is 12.9. The normalized spacial score (nSPS) is 17.9. The molecule has 126 valence electrons. The lowest BCUT2D eigenvalue weighted by molar-refractivity contribution is -0.126. The van der Waals surface area contributed by atoms with Crippen LogP contribution >= 0.6 is 0 Å². The largest absolute Gasteiger partial charge is 0.294 e. The maximum Gasteiger partial charge on any atom is 0.242 e. The predicted molar refractivity (Wildman–Crippen MR) is 95.7 cm³/mol. The molecule has 0 atom stereocenters. The zero-order chi connectivity index (χ0) is 18.0. The first-order valence-electron chi connectivity index (χ1n) is 7.97. The number of carbonyl (C=O) groups is 2. The molecule has 0 bridgehead atoms. The summed E-state index contributed by atoms with van der Waals surface area (Å²) in [7, 11) is 0. The minimum absolute atomic E-state index is 0.264. The van der Waals surface area contributed by atoms with Crippen LogP contribution < -0.4 is 5.32 Å². The van der Waals surface area contributed by atoms with Gasteiger partial charge in [0.2, 0.25) is 11.8 Å². The van der Waals surface area contributed by atoms with Crippen LogP contribution in [0, 0.1) is 10.8 Å². The summed E-state index contributed by atoms with van der Waals surface area (Å²) in [6.45, 7) is 15.6. The summed E-state index contributed by atoms with van der Waals surface area (Å²) in [5.41, 5.74) is 1.94. The first kappa shape index (κ1) is 19.1. The molecule has 0 aromatic heterocycles. The van der Waals surface area contributed by atoms with Gasteiger partial charge in [0.1, 0.15) is 10.8 Å². The third kappa shape index (κ3) is 3.54. The molecule has 3 nitrogen and oxygen atoms in total. The molecule has 3 heteroatoms. The topological polar surface area (TPSA) is 46.2 Å². The Balaban J connectivity index is 3.99. The van der Waals surface area contributed by atoms with Gasteiger partial charge in [-0.3, -0.25) is 14.9 Å². The number of allylic oxidation sites excluding steroid dienone is 4. The summed E-state index contributed by atoms with van der Waals surface area (Å²) in [5, 5.41) is 2.56. The molecule has 1 rings (SSSR count). The number of carbonyl (C=O) groups excluding carboxylic acids is 2. The van der Waals surface area contributed by atoms with Crippen molar-refractivity contribution in [3.05, 3.63) is 46.6 Å². The average molecular weight is 315 g/mol. The van der Waals surface area contributed by atoms with Crippen molar-refractivity contribution in [1.82, 2.24) is 5.32 Å². The Bertz CT molecular complexity index is 537. The van der Waals surface area contributed by atoms with Crippen molar-refractivity contribution < 1.29 is 9.59 Å². The number of hydrogen-bond donors (Lipinski definition) is 1. The zero-order valence-electron chi connectivity index (χ0n) is 15.6. The van der Waals surface area contributed by atoms with Gasteiger partial charge in [0.05, 0.1) is 0 Å². The standard InChI is InChI=1S/C20H29NO2/c1-13(2)9-19(10-14(3)4)17(22)21-18(23)20(19,11-15(5)6)12-16(7)8/h9-12H,1-8H3,(H,21,22,23). The van der Waals surface area contributed by atoms with Crippen LogP contribution in [0.15, 0.2) is 46.6 Å². The van der Waals surface area contributed by atoms with E-state index in [2.05, 4.69) is 5.32 Å². The summed E-state index contributed by atoms with van der Waals surface area (Å²) in [4.78, 5) is 25.8. The summed E-state index contributed by atoms with van der Waals surface area (Å²) >= 11 is 0. The van der Waals surface area contributed by atoms with E-state index in [9.17, 15) is 9.59 Å². The Morgan fingerprint density at radius 1 is 0.609 bits per heavy atom. The zero-order valence-corrected chi connectivity index (χ0v) is 15.6. The Labute approximate surface area is 140 Å². The van der Waals surface area contributed by atoms with E-state index in [0.29, 0.717) is 0 Å². The molecule has 0 unspecified atom stereocenters. The summed E-state index contributed by atoms with van der Waals surface area (Å²) < 4.78 is 0. The van der Waals surface area contributed by atoms with Gasteiger partial charge in [-0.15, -0.1) is 0 Å². The van der Waals surface area contributed by atoms with Gasteiger partial charge in [-0.25, -0.2) is 0 Å². The smallest absolute Gasteiger partial charge is 0.242 e. The van der Waals surface area contributed by atoms with Gasteiger partial charge in [-0.1, -0.05) is 46.6 Å². The number of hydrogen-bond acceptors (Lipinski definition) is 2. The van der Waals surface area contributed by atoms with Crippen LogP contribution in [-0.4, -0.2) is 11.8 Å². The second kappa shape index (κ2) is 6.69. The van der Waals surface area contributed by atoms with E-state index in [1.54, 1.807) is 0 Å². The van der Waals surface area contributed by atoms with Gasteiger partial charge in [-0.2, -0.15) is 0 Å². The highest BCUT2D eigenvalue weighted by Gasteiger charge is 2.61. The number of rotatable bonds is 4. The molecule has 0 saturated carbocycles. The molecular formula is C20H29NO2. The van der Waals surface area contributed by atoms with Crippen LogP contribution in [0.3, 0.4) is 0 Å². The molecule has 1 N–H and O–H groups in total. The second-order valence-electron chi connectivity index (χ2n) is 7.41. The molecule has 1 heterocycles. The summed E-state index contributed by atoms with van der Waals surface area (Å²) in [5.74, 6) is -0.528. The highest BCUT2D eigenvalue weighted by atomic mass is 16.2. The third-order valence-electron chi connectivity index (χ3n) is 3.73. The van der Waals surface area contributed by atoms with Crippen molar-refractivity contribution in [2.24, 2.45) is 10.8 Å². The highest BCUT2D eigenvalue weighted by Crippen LogP contribution is 2.51. The average Bonchev–Trinajstić information content (AvgIpc) is 2.48. The molecule has 23 heavy (non-hydrogen) atoms. The van der Waals surface area contributed by atoms with Gasteiger partial charge < -0.3 is 0 Å². The van der Waals surface area contributed by atoms with Crippen molar-refractivity contribution in [3.8, 4) is 0 Å². The Hall–Kier alpha value is -1.90. The SMILES string of the molecule is CC(C)=CC1(C=C(C)C)C(=O)NC(=O)C1(C=C(C)C)C=C(C)C. The number of imide groups is 1. The van der Waals surface area contributed by atoms with Crippen molar-refractivity contribution in [3.63, 3.8) is 0 Å². The van der Waals surface area contributed by atoms with E-state index in [4.69, 9.17) is 0 Å². The van der Waals surface area contributed by atoms with Crippen LogP contribution in [0.25, 0.3) is 0 Å². The molecular weight excluding hydrogens is 286 g/mol. The first-order chi connectivity index (χ1) is 10.5. The third-order valence-corrected chi connectivity index (χ3v) is 3.73. The maximum atomic E-state index is 12.9. The number of amides is 2.